The summed E-state index contributed by atoms with van der Waals surface area (Å²) in [6.07, 6.45) is 1.21. The van der Waals surface area contributed by atoms with Crippen LogP contribution in [0.2, 0.25) is 5.02 Å². The topological polar surface area (TPSA) is 52.7 Å². The third-order valence-electron chi connectivity index (χ3n) is 5.34. The van der Waals surface area contributed by atoms with E-state index in [0.717, 1.165) is 12.0 Å². The second kappa shape index (κ2) is 7.71. The molecule has 1 unspecified atom stereocenters. The van der Waals surface area contributed by atoms with E-state index in [0.29, 0.717) is 31.2 Å². The van der Waals surface area contributed by atoms with Gasteiger partial charge in [0.25, 0.3) is 0 Å². The highest BCUT2D eigenvalue weighted by atomic mass is 35.5. The third kappa shape index (κ3) is 3.99. The van der Waals surface area contributed by atoms with Crippen molar-refractivity contribution in [2.75, 3.05) is 19.8 Å². The molecule has 2 aromatic carbocycles. The molecular formula is C21H22ClN3O2. The van der Waals surface area contributed by atoms with Crippen molar-refractivity contribution in [2.45, 2.75) is 25.4 Å². The van der Waals surface area contributed by atoms with Crippen LogP contribution in [0.3, 0.4) is 0 Å². The highest BCUT2D eigenvalue weighted by Gasteiger charge is 2.29. The van der Waals surface area contributed by atoms with Gasteiger partial charge >= 0.3 is 0 Å². The first kappa shape index (κ1) is 18.0. The van der Waals surface area contributed by atoms with E-state index in [1.807, 2.05) is 41.3 Å². The van der Waals surface area contributed by atoms with Gasteiger partial charge in [-0.05, 0) is 35.2 Å². The highest BCUT2D eigenvalue weighted by Crippen LogP contribution is 2.23. The number of benzene rings is 2. The van der Waals surface area contributed by atoms with Gasteiger partial charge in [-0.2, -0.15) is 0 Å². The fraction of sp³-hybridized carbons (Fsp3) is 0.333. The molecule has 4 rings (SSSR count). The quantitative estimate of drug-likeness (QED) is 0.886. The summed E-state index contributed by atoms with van der Waals surface area (Å²) < 4.78 is 0. The first-order valence-corrected chi connectivity index (χ1v) is 9.59. The Hall–Kier alpha value is -2.37. The van der Waals surface area contributed by atoms with E-state index in [9.17, 15) is 9.59 Å². The Morgan fingerprint density at radius 3 is 2.59 bits per heavy atom. The van der Waals surface area contributed by atoms with Gasteiger partial charge in [0.15, 0.2) is 0 Å². The standard InChI is InChI=1S/C21H22ClN3O2/c22-18-7-5-16(6-8-18)19-11-20(26)25(14-23-19)13-21(27)24-10-9-15-3-1-2-4-17(15)12-24/h1-8,19,23H,9-14H2. The van der Waals surface area contributed by atoms with Crippen LogP contribution in [0.1, 0.15) is 29.2 Å². The molecule has 0 aromatic heterocycles. The van der Waals surface area contributed by atoms with Crippen LogP contribution >= 0.6 is 11.6 Å². The molecule has 1 fully saturated rings. The van der Waals surface area contributed by atoms with E-state index in [1.54, 1.807) is 4.90 Å². The van der Waals surface area contributed by atoms with Gasteiger partial charge < -0.3 is 9.80 Å². The molecule has 140 valence electrons. The van der Waals surface area contributed by atoms with E-state index in [2.05, 4.69) is 17.4 Å². The van der Waals surface area contributed by atoms with Crippen molar-refractivity contribution in [1.82, 2.24) is 15.1 Å². The van der Waals surface area contributed by atoms with Gasteiger partial charge in [0.05, 0.1) is 6.67 Å². The normalized spacial score (nSPS) is 19.7. The number of nitrogens with one attached hydrogen (secondary N) is 1. The van der Waals surface area contributed by atoms with E-state index in [4.69, 9.17) is 11.6 Å². The maximum atomic E-state index is 12.7. The molecule has 1 atom stereocenters. The zero-order valence-electron chi connectivity index (χ0n) is 15.0. The zero-order valence-corrected chi connectivity index (χ0v) is 15.8. The van der Waals surface area contributed by atoms with Crippen LogP contribution in [-0.4, -0.2) is 41.4 Å². The summed E-state index contributed by atoms with van der Waals surface area (Å²) in [6.45, 7) is 1.83. The minimum Gasteiger partial charge on any atom is -0.336 e. The zero-order chi connectivity index (χ0) is 18.8. The second-order valence-electron chi connectivity index (χ2n) is 7.10. The summed E-state index contributed by atoms with van der Waals surface area (Å²) in [4.78, 5) is 28.7. The van der Waals surface area contributed by atoms with Gasteiger partial charge in [-0.1, -0.05) is 48.0 Å². The number of rotatable bonds is 3. The number of hydrogen-bond donors (Lipinski definition) is 1. The number of carbonyl (C=O) groups is 2. The predicted octanol–water partition coefficient (Wildman–Crippen LogP) is 2.75. The Balaban J connectivity index is 1.35. The summed E-state index contributed by atoms with van der Waals surface area (Å²) in [5, 5.41) is 4.03. The van der Waals surface area contributed by atoms with Crippen LogP contribution in [0.5, 0.6) is 0 Å². The Kier molecular flexibility index (Phi) is 5.14. The lowest BCUT2D eigenvalue weighted by Crippen LogP contribution is -2.51. The van der Waals surface area contributed by atoms with Crippen molar-refractivity contribution in [1.29, 1.82) is 0 Å². The second-order valence-corrected chi connectivity index (χ2v) is 7.53. The predicted molar refractivity (Wildman–Crippen MR) is 104 cm³/mol. The monoisotopic (exact) mass is 383 g/mol. The van der Waals surface area contributed by atoms with Crippen LogP contribution < -0.4 is 5.32 Å². The van der Waals surface area contributed by atoms with Gasteiger partial charge in [0, 0.05) is 30.6 Å². The number of carbonyl (C=O) groups excluding carboxylic acids is 2. The lowest BCUT2D eigenvalue weighted by Gasteiger charge is -2.35. The van der Waals surface area contributed by atoms with Crippen LogP contribution in [-0.2, 0) is 22.6 Å². The minimum atomic E-state index is -0.0389. The molecule has 0 spiro atoms. The fourth-order valence-electron chi connectivity index (χ4n) is 3.73. The van der Waals surface area contributed by atoms with Gasteiger partial charge in [0.2, 0.25) is 11.8 Å². The summed E-state index contributed by atoms with van der Waals surface area (Å²) in [7, 11) is 0. The maximum Gasteiger partial charge on any atom is 0.242 e. The lowest BCUT2D eigenvalue weighted by molar-refractivity contribution is -0.143. The smallest absolute Gasteiger partial charge is 0.242 e. The van der Waals surface area contributed by atoms with Gasteiger partial charge in [-0.25, -0.2) is 0 Å². The molecule has 2 aromatic rings. The molecule has 2 amide bonds. The first-order valence-electron chi connectivity index (χ1n) is 9.21. The summed E-state index contributed by atoms with van der Waals surface area (Å²) in [5.41, 5.74) is 3.54. The SMILES string of the molecule is O=C1CC(c2ccc(Cl)cc2)NCN1CC(=O)N1CCc2ccccc2C1. The summed E-state index contributed by atoms with van der Waals surface area (Å²) >= 11 is 5.93. The van der Waals surface area contributed by atoms with Crippen molar-refractivity contribution in [3.05, 3.63) is 70.2 Å². The average Bonchev–Trinajstić information content (AvgIpc) is 2.69. The molecule has 5 nitrogen and oxygen atoms in total. The molecule has 0 saturated carbocycles. The van der Waals surface area contributed by atoms with Crippen molar-refractivity contribution >= 4 is 23.4 Å². The fourth-order valence-corrected chi connectivity index (χ4v) is 3.86. The third-order valence-corrected chi connectivity index (χ3v) is 5.59. The lowest BCUT2D eigenvalue weighted by atomic mass is 10.00. The maximum absolute atomic E-state index is 12.7. The van der Waals surface area contributed by atoms with Gasteiger partial charge in [-0.15, -0.1) is 0 Å². The molecule has 0 bridgehead atoms. The molecule has 0 aliphatic carbocycles. The minimum absolute atomic E-state index is 0.000500. The summed E-state index contributed by atoms with van der Waals surface area (Å²) in [5.74, 6) is 0.00376. The highest BCUT2D eigenvalue weighted by molar-refractivity contribution is 6.30. The van der Waals surface area contributed by atoms with E-state index < -0.39 is 0 Å². The van der Waals surface area contributed by atoms with Gasteiger partial charge in [-0.3, -0.25) is 14.9 Å². The molecule has 1 N–H and O–H groups in total. The molecule has 2 aliphatic heterocycles. The van der Waals surface area contributed by atoms with Crippen LogP contribution in [0, 0.1) is 0 Å². The van der Waals surface area contributed by atoms with Gasteiger partial charge in [0.1, 0.15) is 6.54 Å². The summed E-state index contributed by atoms with van der Waals surface area (Å²) in [6, 6.07) is 15.7. The number of fused-ring (bicyclic) bond motifs is 1. The van der Waals surface area contributed by atoms with Crippen LogP contribution in [0.15, 0.2) is 48.5 Å². The average molecular weight is 384 g/mol. The largest absolute Gasteiger partial charge is 0.336 e. The van der Waals surface area contributed by atoms with Crippen molar-refractivity contribution < 1.29 is 9.59 Å². The number of hydrogen-bond acceptors (Lipinski definition) is 3. The number of amides is 2. The molecular weight excluding hydrogens is 362 g/mol. The van der Waals surface area contributed by atoms with Crippen molar-refractivity contribution in [2.24, 2.45) is 0 Å². The Morgan fingerprint density at radius 2 is 1.85 bits per heavy atom. The molecule has 27 heavy (non-hydrogen) atoms. The van der Waals surface area contributed by atoms with Crippen molar-refractivity contribution in [3.8, 4) is 0 Å². The Morgan fingerprint density at radius 1 is 1.11 bits per heavy atom. The molecule has 2 heterocycles. The number of halogens is 1. The number of nitrogens with zero attached hydrogens (tertiary/aromatic N) is 2. The van der Waals surface area contributed by atoms with E-state index >= 15 is 0 Å². The molecule has 2 aliphatic rings. The van der Waals surface area contributed by atoms with Crippen molar-refractivity contribution in [3.63, 3.8) is 0 Å². The van der Waals surface area contributed by atoms with Crippen LogP contribution in [0.4, 0.5) is 0 Å². The van der Waals surface area contributed by atoms with Crippen LogP contribution in [0.25, 0.3) is 0 Å². The molecule has 1 saturated heterocycles. The van der Waals surface area contributed by atoms with E-state index in [1.165, 1.54) is 11.1 Å². The molecule has 6 heteroatoms. The molecule has 0 radical (unpaired) electrons. The van der Waals surface area contributed by atoms with E-state index in [-0.39, 0.29) is 24.4 Å². The Labute approximate surface area is 163 Å². The first-order chi connectivity index (χ1) is 13.1. The Bertz CT molecular complexity index is 853.